The van der Waals surface area contributed by atoms with Crippen molar-refractivity contribution in [1.29, 1.82) is 0 Å². The summed E-state index contributed by atoms with van der Waals surface area (Å²) in [6, 6.07) is 23.0. The molecule has 1 aromatic heterocycles. The number of benzene rings is 4. The van der Waals surface area contributed by atoms with Crippen LogP contribution in [0.4, 0.5) is 14.5 Å². The van der Waals surface area contributed by atoms with Crippen LogP contribution in [-0.4, -0.2) is 116 Å². The maximum atomic E-state index is 15.3. The number of fused-ring (bicyclic) bond motifs is 2. The van der Waals surface area contributed by atoms with E-state index in [1.807, 2.05) is 36.4 Å². The van der Waals surface area contributed by atoms with Crippen LogP contribution in [0.5, 0.6) is 0 Å². The highest BCUT2D eigenvalue weighted by Crippen LogP contribution is 2.59. The summed E-state index contributed by atoms with van der Waals surface area (Å²) in [7, 11) is -5.87. The largest absolute Gasteiger partial charge is 0.399 e. The van der Waals surface area contributed by atoms with Crippen LogP contribution < -0.4 is 15.5 Å². The van der Waals surface area contributed by atoms with Crippen molar-refractivity contribution >= 4 is 92.0 Å². The Kier molecular flexibility index (Phi) is 16.8. The lowest BCUT2D eigenvalue weighted by Gasteiger charge is -2.36. The third kappa shape index (κ3) is 12.5. The first kappa shape index (κ1) is 57.0. The van der Waals surface area contributed by atoms with Gasteiger partial charge in [-0.05, 0) is 95.8 Å². The number of alkyl halides is 2. The minimum Gasteiger partial charge on any atom is -0.372 e. The molecule has 0 bridgehead atoms. The third-order valence-corrected chi connectivity index (χ3v) is 17.4. The fourth-order valence-corrected chi connectivity index (χ4v) is 12.1. The molecule has 3 fully saturated rings. The molecule has 7 amide bonds. The molecule has 4 N–H and O–H groups in total. The van der Waals surface area contributed by atoms with Crippen LogP contribution in [0.1, 0.15) is 102 Å². The molecule has 5 heterocycles. The number of likely N-dealkylation sites (tertiary alicyclic amines) is 2. The molecule has 1 unspecified atom stereocenters. The molecule has 0 radical (unpaired) electrons. The number of anilines is 1. The molecular weight excluding hydrogens is 1130 g/mol. The Morgan fingerprint density at radius 3 is 2.35 bits per heavy atom. The van der Waals surface area contributed by atoms with E-state index in [1.54, 1.807) is 62.1 Å². The highest BCUT2D eigenvalue weighted by atomic mass is 79.9. The number of nitrogens with one attached hydrogen (secondary N) is 2. The zero-order valence-corrected chi connectivity index (χ0v) is 46.8. The Morgan fingerprint density at radius 1 is 0.949 bits per heavy atom. The van der Waals surface area contributed by atoms with Gasteiger partial charge < -0.3 is 39.4 Å². The molecule has 414 valence electrons. The lowest BCUT2D eigenvalue weighted by Crippen LogP contribution is -2.58. The first-order valence-electron chi connectivity index (χ1n) is 25.8. The van der Waals surface area contributed by atoms with E-state index in [4.69, 9.17) is 4.74 Å². The van der Waals surface area contributed by atoms with Gasteiger partial charge >= 0.3 is 13.3 Å². The van der Waals surface area contributed by atoms with Crippen molar-refractivity contribution in [2.45, 2.75) is 102 Å². The summed E-state index contributed by atoms with van der Waals surface area (Å²) in [5.41, 5.74) is -3.09. The number of carbonyl (C=O) groups excluding carboxylic acids is 7. The summed E-state index contributed by atoms with van der Waals surface area (Å²) in [5, 5.41) is 5.31. The molecular formula is C57H58BrF2N6O11PS. The summed E-state index contributed by atoms with van der Waals surface area (Å²) in [4.78, 5) is 121. The predicted molar refractivity (Wildman–Crippen MR) is 293 cm³/mol. The number of halogens is 3. The molecule has 4 aliphatic rings. The van der Waals surface area contributed by atoms with Crippen LogP contribution in [0, 0.1) is 23.2 Å². The molecule has 79 heavy (non-hydrogen) atoms. The van der Waals surface area contributed by atoms with Crippen molar-refractivity contribution in [3.63, 3.8) is 0 Å². The van der Waals surface area contributed by atoms with Gasteiger partial charge in [0.05, 0.1) is 17.6 Å². The number of hydrogen-bond donors (Lipinski definition) is 4. The average molecular weight is 1180 g/mol. The summed E-state index contributed by atoms with van der Waals surface area (Å²) >= 11 is 4.42. The molecule has 0 spiro atoms. The van der Waals surface area contributed by atoms with Gasteiger partial charge in [-0.15, -0.1) is 11.3 Å². The third-order valence-electron chi connectivity index (χ3n) is 14.8. The van der Waals surface area contributed by atoms with Gasteiger partial charge in [0.2, 0.25) is 29.5 Å². The molecule has 5 aromatic rings. The molecule has 3 saturated heterocycles. The van der Waals surface area contributed by atoms with Gasteiger partial charge in [-0.1, -0.05) is 91.0 Å². The molecule has 22 heteroatoms. The monoisotopic (exact) mass is 1180 g/mol. The fraction of sp³-hybridized carbons (Fsp3) is 0.386. The Bertz CT molecular complexity index is 3330. The number of thiophene rings is 1. The van der Waals surface area contributed by atoms with Gasteiger partial charge in [0, 0.05) is 89.5 Å². The normalized spacial score (nSPS) is 19.4. The molecule has 0 saturated carbocycles. The second kappa shape index (κ2) is 23.2. The topological polar surface area (TPSA) is 223 Å². The number of piperidine rings is 2. The number of nitrogens with zero attached hydrogens (tertiary/aromatic N) is 4. The van der Waals surface area contributed by atoms with E-state index in [9.17, 15) is 47.1 Å². The second-order valence-corrected chi connectivity index (χ2v) is 24.9. The molecule has 4 atom stereocenters. The molecule has 17 nitrogen and oxygen atoms in total. The Hall–Kier alpha value is -6.66. The van der Waals surface area contributed by atoms with Gasteiger partial charge in [0.15, 0.2) is 0 Å². The Balaban J connectivity index is 0.899. The van der Waals surface area contributed by atoms with E-state index in [0.29, 0.717) is 47.4 Å². The van der Waals surface area contributed by atoms with Crippen LogP contribution in [-0.2, 0) is 52.1 Å². The van der Waals surface area contributed by atoms with Gasteiger partial charge in [-0.25, -0.2) is 0 Å². The van der Waals surface area contributed by atoms with Gasteiger partial charge in [-0.3, -0.25) is 43.4 Å². The molecule has 4 aliphatic heterocycles. The average Bonchev–Trinajstić information content (AvgIpc) is 4.35. The SMILES string of the molecule is CC(C)(C)[C@H](NC(=O)c1cc2cc(C(F)(F)P(=O)(O)O)ccc2s1)C(=O)N1C[C@H](OCc2ccccc2)C[C@H]1C(=O)N(CCC(=O)N1CCC(C#Cc2cccc3c2CN(C2CCC(=O)NC2=O)C3=O)CC1)c1ccc(Br)cc1. The maximum Gasteiger partial charge on any atom is 0.399 e. The van der Waals surface area contributed by atoms with Crippen LogP contribution in [0.2, 0.25) is 0 Å². The van der Waals surface area contributed by atoms with E-state index in [1.165, 1.54) is 26.8 Å². The molecule has 4 aromatic carbocycles. The van der Waals surface area contributed by atoms with Crippen molar-refractivity contribution in [2.75, 3.05) is 31.1 Å². The Morgan fingerprint density at radius 2 is 1.67 bits per heavy atom. The van der Waals surface area contributed by atoms with Crippen molar-refractivity contribution in [1.82, 2.24) is 25.3 Å². The zero-order chi connectivity index (χ0) is 56.6. The number of carbonyl (C=O) groups is 7. The van der Waals surface area contributed by atoms with E-state index in [-0.39, 0.29) is 85.8 Å². The lowest BCUT2D eigenvalue weighted by atomic mass is 9.85. The van der Waals surface area contributed by atoms with Crippen LogP contribution in [0.3, 0.4) is 0 Å². The predicted octanol–water partition coefficient (Wildman–Crippen LogP) is 7.70. The second-order valence-electron chi connectivity index (χ2n) is 21.3. The fourth-order valence-electron chi connectivity index (χ4n) is 10.4. The molecule has 0 aliphatic carbocycles. The van der Waals surface area contributed by atoms with Crippen molar-refractivity contribution in [3.8, 4) is 11.8 Å². The quantitative estimate of drug-likeness (QED) is 0.0479. The van der Waals surface area contributed by atoms with Gasteiger partial charge in [0.25, 0.3) is 11.8 Å². The zero-order valence-electron chi connectivity index (χ0n) is 43.5. The van der Waals surface area contributed by atoms with E-state index in [0.717, 1.165) is 39.1 Å². The van der Waals surface area contributed by atoms with E-state index < -0.39 is 72.1 Å². The highest BCUT2D eigenvalue weighted by molar-refractivity contribution is 9.10. The number of imide groups is 1. The number of hydrogen-bond acceptors (Lipinski definition) is 10. The minimum absolute atomic E-state index is 0.0133. The minimum atomic E-state index is -5.87. The van der Waals surface area contributed by atoms with Crippen molar-refractivity contribution < 1.29 is 61.4 Å². The summed E-state index contributed by atoms with van der Waals surface area (Å²) < 4.78 is 48.5. The van der Waals surface area contributed by atoms with Crippen LogP contribution in [0.25, 0.3) is 10.1 Å². The van der Waals surface area contributed by atoms with E-state index in [2.05, 4.69) is 38.4 Å². The smallest absolute Gasteiger partial charge is 0.372 e. The van der Waals surface area contributed by atoms with Gasteiger partial charge in [-0.2, -0.15) is 8.78 Å². The summed E-state index contributed by atoms with van der Waals surface area (Å²) in [6.45, 7) is 6.43. The molecule has 9 rings (SSSR count). The first-order valence-corrected chi connectivity index (χ1v) is 29.1. The van der Waals surface area contributed by atoms with Crippen molar-refractivity contribution in [2.24, 2.45) is 11.3 Å². The number of amides is 7. The van der Waals surface area contributed by atoms with Gasteiger partial charge in [0.1, 0.15) is 18.1 Å². The van der Waals surface area contributed by atoms with Crippen LogP contribution in [0.15, 0.2) is 102 Å². The highest BCUT2D eigenvalue weighted by Gasteiger charge is 2.51. The van der Waals surface area contributed by atoms with E-state index >= 15 is 9.59 Å². The summed E-state index contributed by atoms with van der Waals surface area (Å²) in [5.74, 6) is 3.51. The lowest BCUT2D eigenvalue weighted by molar-refractivity contribution is -0.141. The van der Waals surface area contributed by atoms with Crippen LogP contribution >= 0.6 is 34.9 Å². The Labute approximate surface area is 467 Å². The summed E-state index contributed by atoms with van der Waals surface area (Å²) in [6.07, 6.45) is 1.00. The number of rotatable bonds is 14. The maximum absolute atomic E-state index is 15.3. The number of ether oxygens (including phenoxy) is 1. The first-order chi connectivity index (χ1) is 37.5. The van der Waals surface area contributed by atoms with Crippen molar-refractivity contribution in [3.05, 3.63) is 134 Å². The standard InChI is InChI=1S/C57H58BrF2N6O11PS/c1-56(2,3)50(62-52(70)47-29-37-28-38(14-20-46(37)79-47)57(59,60)78(74,75)76)55(73)65-31-41(77-33-35-8-5-4-6-9-35)30-45(65)54(72)64(40-17-15-39(58)16-18-40)27-24-49(68)63-25-22-34(23-26-63)12-13-36-10-7-11-42-43(36)32-66(53(42)71)44-19-21-48(67)61-51(44)69/h4-11,14-18,20,28-29,34,41,44-45,50H,19,21-27,30-33H2,1-3H3,(H,62,70)(H,61,67,69)(H2,74,75,76)/t41-,44?,45+,50-/m1/s1.